The van der Waals surface area contributed by atoms with E-state index in [1.54, 1.807) is 0 Å². The Morgan fingerprint density at radius 3 is 2.30 bits per heavy atom. The highest BCUT2D eigenvalue weighted by molar-refractivity contribution is 5.65. The van der Waals surface area contributed by atoms with Gasteiger partial charge >= 0.3 is 0 Å². The summed E-state index contributed by atoms with van der Waals surface area (Å²) in [5, 5.41) is 0. The minimum atomic E-state index is 0.559. The Morgan fingerprint density at radius 2 is 1.78 bits per heavy atom. The average molecular weight is 312 g/mol. The molecule has 1 unspecified atom stereocenters. The van der Waals surface area contributed by atoms with Gasteiger partial charge in [-0.15, -0.1) is 0 Å². The lowest BCUT2D eigenvalue weighted by Gasteiger charge is -2.15. The van der Waals surface area contributed by atoms with Crippen molar-refractivity contribution >= 4 is 5.70 Å². The van der Waals surface area contributed by atoms with Crippen molar-refractivity contribution in [3.8, 4) is 0 Å². The van der Waals surface area contributed by atoms with Crippen LogP contribution in [-0.2, 0) is 6.42 Å². The van der Waals surface area contributed by atoms with E-state index in [1.165, 1.54) is 29.6 Å². The van der Waals surface area contributed by atoms with Crippen LogP contribution in [0.4, 0.5) is 0 Å². The molecular formula is C22H33N. The van der Waals surface area contributed by atoms with Crippen LogP contribution >= 0.6 is 0 Å². The van der Waals surface area contributed by atoms with Crippen LogP contribution in [0.25, 0.3) is 5.70 Å². The maximum Gasteiger partial charge on any atom is 0.0376 e. The molecule has 0 saturated carbocycles. The maximum absolute atomic E-state index is 6.40. The van der Waals surface area contributed by atoms with Crippen molar-refractivity contribution in [1.29, 1.82) is 0 Å². The predicted octanol–water partition coefficient (Wildman–Crippen LogP) is 6.27. The van der Waals surface area contributed by atoms with Gasteiger partial charge < -0.3 is 5.73 Å². The first-order chi connectivity index (χ1) is 11.0. The Labute approximate surface area is 143 Å². The first-order valence-electron chi connectivity index (χ1n) is 8.87. The van der Waals surface area contributed by atoms with Gasteiger partial charge in [0.1, 0.15) is 0 Å². The maximum atomic E-state index is 6.40. The Bertz CT molecular complexity index is 558. The zero-order valence-corrected chi connectivity index (χ0v) is 15.5. The fraction of sp³-hybridized carbons (Fsp3) is 0.455. The molecular weight excluding hydrogens is 278 g/mol. The molecule has 0 aliphatic heterocycles. The van der Waals surface area contributed by atoms with Crippen LogP contribution in [0.1, 0.15) is 65.0 Å². The third-order valence-corrected chi connectivity index (χ3v) is 4.45. The molecule has 0 spiro atoms. The molecule has 0 heterocycles. The number of benzene rings is 1. The zero-order chi connectivity index (χ0) is 17.2. The van der Waals surface area contributed by atoms with Gasteiger partial charge in [0.25, 0.3) is 0 Å². The third-order valence-electron chi connectivity index (χ3n) is 4.45. The molecule has 1 heteroatoms. The number of hydrogen-bond donors (Lipinski definition) is 1. The molecule has 1 rings (SSSR count). The van der Waals surface area contributed by atoms with Crippen LogP contribution in [0.15, 0.2) is 53.6 Å². The van der Waals surface area contributed by atoms with Crippen LogP contribution < -0.4 is 5.73 Å². The van der Waals surface area contributed by atoms with Crippen molar-refractivity contribution in [3.63, 3.8) is 0 Å². The van der Waals surface area contributed by atoms with E-state index in [2.05, 4.69) is 77.1 Å². The van der Waals surface area contributed by atoms with Gasteiger partial charge in [-0.05, 0) is 62.7 Å². The lowest BCUT2D eigenvalue weighted by molar-refractivity contribution is 0.575. The molecule has 126 valence electrons. The van der Waals surface area contributed by atoms with Crippen LogP contribution in [0.5, 0.6) is 0 Å². The summed E-state index contributed by atoms with van der Waals surface area (Å²) >= 11 is 0. The molecule has 0 fully saturated rings. The standard InChI is InChI=1S/C22H33N/c1-6-9-20(11-10-17(4)7-2)16-18(5)22(23)21-14-12-19(8-3)13-15-21/h7,10-15,20H,6,8-9,16,23H2,1-5H3/b11-10-,17-7-,22-18+. The molecule has 0 saturated heterocycles. The molecule has 1 atom stereocenters. The molecule has 1 nitrogen and oxygen atoms in total. The smallest absolute Gasteiger partial charge is 0.0376 e. The summed E-state index contributed by atoms with van der Waals surface area (Å²) in [7, 11) is 0. The zero-order valence-electron chi connectivity index (χ0n) is 15.5. The summed E-state index contributed by atoms with van der Waals surface area (Å²) in [4.78, 5) is 0. The van der Waals surface area contributed by atoms with E-state index >= 15 is 0 Å². The number of hydrogen-bond acceptors (Lipinski definition) is 1. The van der Waals surface area contributed by atoms with Crippen molar-refractivity contribution in [2.75, 3.05) is 0 Å². The molecule has 0 aliphatic carbocycles. The van der Waals surface area contributed by atoms with Crippen LogP contribution in [0.3, 0.4) is 0 Å². The minimum Gasteiger partial charge on any atom is -0.398 e. The second-order valence-electron chi connectivity index (χ2n) is 6.39. The van der Waals surface area contributed by atoms with E-state index < -0.39 is 0 Å². The Morgan fingerprint density at radius 1 is 1.13 bits per heavy atom. The van der Waals surface area contributed by atoms with Gasteiger partial charge in [0.05, 0.1) is 0 Å². The lowest BCUT2D eigenvalue weighted by Crippen LogP contribution is -2.04. The van der Waals surface area contributed by atoms with E-state index in [0.29, 0.717) is 5.92 Å². The van der Waals surface area contributed by atoms with Crippen LogP contribution in [-0.4, -0.2) is 0 Å². The Hall–Kier alpha value is -1.76. The topological polar surface area (TPSA) is 26.0 Å². The van der Waals surface area contributed by atoms with Crippen molar-refractivity contribution < 1.29 is 0 Å². The van der Waals surface area contributed by atoms with E-state index in [4.69, 9.17) is 5.73 Å². The van der Waals surface area contributed by atoms with E-state index in [1.807, 2.05) is 0 Å². The fourth-order valence-corrected chi connectivity index (χ4v) is 2.69. The number of allylic oxidation sites excluding steroid dienone is 5. The summed E-state index contributed by atoms with van der Waals surface area (Å²) in [6, 6.07) is 8.64. The van der Waals surface area contributed by atoms with Crippen molar-refractivity contribution in [2.45, 2.75) is 60.3 Å². The highest BCUT2D eigenvalue weighted by Crippen LogP contribution is 2.24. The molecule has 0 aliphatic rings. The molecule has 0 amide bonds. The number of nitrogens with two attached hydrogens (primary N) is 1. The molecule has 1 aromatic carbocycles. The summed E-state index contributed by atoms with van der Waals surface area (Å²) < 4.78 is 0. The predicted molar refractivity (Wildman–Crippen MR) is 104 cm³/mol. The fourth-order valence-electron chi connectivity index (χ4n) is 2.69. The van der Waals surface area contributed by atoms with Gasteiger partial charge in [0.2, 0.25) is 0 Å². The van der Waals surface area contributed by atoms with Crippen molar-refractivity contribution in [2.24, 2.45) is 11.7 Å². The molecule has 0 bridgehead atoms. The monoisotopic (exact) mass is 311 g/mol. The second kappa shape index (κ2) is 10.1. The second-order valence-corrected chi connectivity index (χ2v) is 6.39. The summed E-state index contributed by atoms with van der Waals surface area (Å²) in [5.41, 5.74) is 12.4. The Balaban J connectivity index is 2.89. The van der Waals surface area contributed by atoms with Gasteiger partial charge in [-0.1, -0.05) is 68.3 Å². The van der Waals surface area contributed by atoms with Gasteiger partial charge in [0.15, 0.2) is 0 Å². The first kappa shape index (κ1) is 19.3. The van der Waals surface area contributed by atoms with Gasteiger partial charge in [-0.3, -0.25) is 0 Å². The summed E-state index contributed by atoms with van der Waals surface area (Å²) in [6.45, 7) is 10.8. The van der Waals surface area contributed by atoms with Gasteiger partial charge in [0, 0.05) is 5.70 Å². The van der Waals surface area contributed by atoms with E-state index in [9.17, 15) is 0 Å². The lowest BCUT2D eigenvalue weighted by atomic mass is 9.92. The highest BCUT2D eigenvalue weighted by atomic mass is 14.6. The summed E-state index contributed by atoms with van der Waals surface area (Å²) in [6.07, 6.45) is 11.2. The molecule has 1 aromatic rings. The van der Waals surface area contributed by atoms with E-state index in [0.717, 1.165) is 24.1 Å². The molecule has 2 N–H and O–H groups in total. The molecule has 23 heavy (non-hydrogen) atoms. The third kappa shape index (κ3) is 6.48. The quantitative estimate of drug-likeness (QED) is 0.563. The van der Waals surface area contributed by atoms with Crippen LogP contribution in [0, 0.1) is 5.92 Å². The first-order valence-corrected chi connectivity index (χ1v) is 8.87. The van der Waals surface area contributed by atoms with E-state index in [-0.39, 0.29) is 0 Å². The van der Waals surface area contributed by atoms with Crippen LogP contribution in [0.2, 0.25) is 0 Å². The number of rotatable bonds is 8. The normalized spacial score (nSPS) is 14.9. The molecule has 0 radical (unpaired) electrons. The van der Waals surface area contributed by atoms with Crippen molar-refractivity contribution in [3.05, 3.63) is 64.8 Å². The Kier molecular flexibility index (Phi) is 8.47. The van der Waals surface area contributed by atoms with Gasteiger partial charge in [-0.2, -0.15) is 0 Å². The van der Waals surface area contributed by atoms with Crippen molar-refractivity contribution in [1.82, 2.24) is 0 Å². The minimum absolute atomic E-state index is 0.559. The van der Waals surface area contributed by atoms with Gasteiger partial charge in [-0.25, -0.2) is 0 Å². The highest BCUT2D eigenvalue weighted by Gasteiger charge is 2.09. The number of aryl methyl sites for hydroxylation is 1. The largest absolute Gasteiger partial charge is 0.398 e. The SMILES string of the molecule is C/C=C(C)\C=C/C(CCC)C/C(C)=C(/N)c1ccc(CC)cc1. The average Bonchev–Trinajstić information content (AvgIpc) is 2.58. The molecule has 0 aromatic heterocycles. The summed E-state index contributed by atoms with van der Waals surface area (Å²) in [5.74, 6) is 0.559.